The van der Waals surface area contributed by atoms with Crippen molar-refractivity contribution in [3.05, 3.63) is 107 Å². The summed E-state index contributed by atoms with van der Waals surface area (Å²) in [7, 11) is 0. The number of nitrogens with zero attached hydrogens (tertiary/aromatic N) is 2. The first-order chi connectivity index (χ1) is 18.5. The van der Waals surface area contributed by atoms with Gasteiger partial charge in [0.25, 0.3) is 5.91 Å². The van der Waals surface area contributed by atoms with E-state index in [0.717, 1.165) is 46.1 Å². The van der Waals surface area contributed by atoms with Gasteiger partial charge in [0.15, 0.2) is 0 Å². The van der Waals surface area contributed by atoms with Gasteiger partial charge in [0.2, 0.25) is 0 Å². The molecule has 0 aliphatic rings. The lowest BCUT2D eigenvalue weighted by atomic mass is 9.90. The fourth-order valence-electron chi connectivity index (χ4n) is 4.83. The second-order valence-electron chi connectivity index (χ2n) is 9.27. The number of aryl methyl sites for hydroxylation is 1. The summed E-state index contributed by atoms with van der Waals surface area (Å²) in [5.74, 6) is -0.794. The van der Waals surface area contributed by atoms with Crippen molar-refractivity contribution >= 4 is 22.9 Å². The van der Waals surface area contributed by atoms with Gasteiger partial charge in [-0.25, -0.2) is 9.78 Å². The first-order valence-electron chi connectivity index (χ1n) is 12.6. The van der Waals surface area contributed by atoms with Gasteiger partial charge in [-0.05, 0) is 53.8 Å². The molecule has 0 fully saturated rings. The molecule has 0 aliphatic carbocycles. The number of rotatable bonds is 8. The van der Waals surface area contributed by atoms with Crippen molar-refractivity contribution in [1.29, 1.82) is 0 Å². The van der Waals surface area contributed by atoms with E-state index in [1.807, 2.05) is 61.5 Å². The predicted octanol–water partition coefficient (Wildman–Crippen LogP) is 6.57. The van der Waals surface area contributed by atoms with Crippen LogP contribution in [-0.2, 0) is 0 Å². The van der Waals surface area contributed by atoms with Crippen molar-refractivity contribution in [3.8, 4) is 22.5 Å². The van der Waals surface area contributed by atoms with Gasteiger partial charge in [-0.2, -0.15) is 0 Å². The Morgan fingerprint density at radius 1 is 1.00 bits per heavy atom. The number of nitrogens with one attached hydrogen (secondary N) is 2. The third-order valence-corrected chi connectivity index (χ3v) is 6.68. The summed E-state index contributed by atoms with van der Waals surface area (Å²) in [5, 5.41) is 13.3. The van der Waals surface area contributed by atoms with Gasteiger partial charge in [-0.15, -0.1) is 0 Å². The quantitative estimate of drug-likeness (QED) is 0.221. The lowest BCUT2D eigenvalue weighted by Gasteiger charge is -2.19. The molecule has 7 heteroatoms. The minimum Gasteiger partial charge on any atom is -0.478 e. The van der Waals surface area contributed by atoms with Crippen LogP contribution in [0.15, 0.2) is 85.2 Å². The van der Waals surface area contributed by atoms with Gasteiger partial charge in [0.05, 0.1) is 23.3 Å². The fraction of sp³-hybridized carbons (Fsp3) is 0.161. The number of hydrogen-bond acceptors (Lipinski definition) is 4. The third-order valence-electron chi connectivity index (χ3n) is 6.68. The molecule has 0 saturated heterocycles. The second kappa shape index (κ2) is 10.7. The molecule has 0 saturated carbocycles. The van der Waals surface area contributed by atoms with Crippen LogP contribution in [0.2, 0.25) is 0 Å². The van der Waals surface area contributed by atoms with E-state index in [2.05, 4.69) is 27.2 Å². The van der Waals surface area contributed by atoms with E-state index in [0.29, 0.717) is 17.0 Å². The van der Waals surface area contributed by atoms with Crippen molar-refractivity contribution in [2.24, 2.45) is 0 Å². The number of fused-ring (bicyclic) bond motifs is 1. The molecule has 3 aromatic carbocycles. The maximum atomic E-state index is 13.3. The molecule has 2 aromatic heterocycles. The van der Waals surface area contributed by atoms with Crippen LogP contribution in [0, 0.1) is 6.92 Å². The lowest BCUT2D eigenvalue weighted by molar-refractivity contribution is 0.0697. The number of imidazole rings is 1. The molecule has 2 heterocycles. The van der Waals surface area contributed by atoms with Crippen LogP contribution in [0.4, 0.5) is 0 Å². The van der Waals surface area contributed by atoms with Gasteiger partial charge in [0.1, 0.15) is 11.3 Å². The standard InChI is InChI=1S/C31H28N4O3/c1-3-8-25(20-10-5-4-6-11-20)35-30(36)21-13-14-22(24(17-21)31(37)38)28-19(2)9-7-12-23(28)29-33-26-15-16-32-18-27(26)34-29/h4-7,9-18,25H,3,8H2,1-2H3,(H,33,34)(H,35,36)(H,37,38)/t25-/m1/s1. The summed E-state index contributed by atoms with van der Waals surface area (Å²) in [5.41, 5.74) is 5.87. The summed E-state index contributed by atoms with van der Waals surface area (Å²) < 4.78 is 0. The average molecular weight is 505 g/mol. The highest BCUT2D eigenvalue weighted by atomic mass is 16.4. The Kier molecular flexibility index (Phi) is 7.00. The van der Waals surface area contributed by atoms with Gasteiger partial charge in [-0.3, -0.25) is 9.78 Å². The molecule has 38 heavy (non-hydrogen) atoms. The van der Waals surface area contributed by atoms with E-state index in [1.165, 1.54) is 6.07 Å². The number of carbonyl (C=O) groups is 2. The summed E-state index contributed by atoms with van der Waals surface area (Å²) >= 11 is 0. The summed E-state index contributed by atoms with van der Waals surface area (Å²) in [6.45, 7) is 4.00. The molecule has 0 unspecified atom stereocenters. The first-order valence-corrected chi connectivity index (χ1v) is 12.6. The monoisotopic (exact) mass is 504 g/mol. The number of benzene rings is 3. The Labute approximate surface area is 220 Å². The zero-order valence-electron chi connectivity index (χ0n) is 21.2. The fourth-order valence-corrected chi connectivity index (χ4v) is 4.83. The molecule has 1 amide bonds. The van der Waals surface area contributed by atoms with Crippen LogP contribution in [-0.4, -0.2) is 31.9 Å². The number of aromatic carboxylic acids is 1. The Morgan fingerprint density at radius 2 is 1.82 bits per heavy atom. The minimum absolute atomic E-state index is 0.0535. The van der Waals surface area contributed by atoms with Crippen molar-refractivity contribution < 1.29 is 14.7 Å². The van der Waals surface area contributed by atoms with Crippen molar-refractivity contribution in [3.63, 3.8) is 0 Å². The zero-order valence-corrected chi connectivity index (χ0v) is 21.2. The highest BCUT2D eigenvalue weighted by molar-refractivity contribution is 6.03. The second-order valence-corrected chi connectivity index (χ2v) is 9.27. The molecule has 3 N–H and O–H groups in total. The molecule has 1 atom stereocenters. The van der Waals surface area contributed by atoms with Crippen LogP contribution in [0.5, 0.6) is 0 Å². The number of H-pyrrole nitrogens is 1. The number of amides is 1. The van der Waals surface area contributed by atoms with Crippen LogP contribution < -0.4 is 5.32 Å². The highest BCUT2D eigenvalue weighted by Gasteiger charge is 2.22. The first kappa shape index (κ1) is 24.9. The Balaban J connectivity index is 1.55. The van der Waals surface area contributed by atoms with Gasteiger partial charge in [-0.1, -0.05) is 67.9 Å². The smallest absolute Gasteiger partial charge is 0.336 e. The van der Waals surface area contributed by atoms with Gasteiger partial charge in [0, 0.05) is 17.3 Å². The lowest BCUT2D eigenvalue weighted by Crippen LogP contribution is -2.28. The summed E-state index contributed by atoms with van der Waals surface area (Å²) in [4.78, 5) is 37.8. The molecule has 0 aliphatic heterocycles. The number of hydrogen-bond donors (Lipinski definition) is 3. The SMILES string of the molecule is CCC[C@@H](NC(=O)c1ccc(-c2c(C)cccc2-c2nc3cnccc3[nH]2)c(C(=O)O)c1)c1ccccc1. The highest BCUT2D eigenvalue weighted by Crippen LogP contribution is 2.36. The topological polar surface area (TPSA) is 108 Å². The van der Waals surface area contributed by atoms with Crippen LogP contribution in [0.25, 0.3) is 33.5 Å². The van der Waals surface area contributed by atoms with Crippen LogP contribution >= 0.6 is 0 Å². The van der Waals surface area contributed by atoms with Gasteiger partial charge >= 0.3 is 5.97 Å². The normalized spacial score (nSPS) is 11.8. The van der Waals surface area contributed by atoms with E-state index in [-0.39, 0.29) is 17.5 Å². The largest absolute Gasteiger partial charge is 0.478 e. The number of carboxylic acids is 1. The van der Waals surface area contributed by atoms with E-state index in [1.54, 1.807) is 24.5 Å². The molecular weight excluding hydrogens is 476 g/mol. The van der Waals surface area contributed by atoms with E-state index >= 15 is 0 Å². The maximum Gasteiger partial charge on any atom is 0.336 e. The molecule has 190 valence electrons. The van der Waals surface area contributed by atoms with Gasteiger partial charge < -0.3 is 15.4 Å². The third kappa shape index (κ3) is 4.91. The molecule has 7 nitrogen and oxygen atoms in total. The van der Waals surface area contributed by atoms with E-state index in [9.17, 15) is 14.7 Å². The number of carbonyl (C=O) groups excluding carboxylic acids is 1. The van der Waals surface area contributed by atoms with E-state index in [4.69, 9.17) is 0 Å². The van der Waals surface area contributed by atoms with E-state index < -0.39 is 5.97 Å². The number of carboxylic acid groups (broad SMARTS) is 1. The molecule has 0 bridgehead atoms. The minimum atomic E-state index is -1.11. The van der Waals surface area contributed by atoms with Crippen LogP contribution in [0.1, 0.15) is 57.7 Å². The van der Waals surface area contributed by atoms with Crippen molar-refractivity contribution in [2.75, 3.05) is 0 Å². The summed E-state index contributed by atoms with van der Waals surface area (Å²) in [6.07, 6.45) is 5.05. The number of aromatic amines is 1. The predicted molar refractivity (Wildman–Crippen MR) is 148 cm³/mol. The molecule has 5 aromatic rings. The molecule has 5 rings (SSSR count). The summed E-state index contributed by atoms with van der Waals surface area (Å²) in [6, 6.07) is 22.1. The number of pyridine rings is 1. The zero-order chi connectivity index (χ0) is 26.6. The number of aromatic nitrogens is 3. The average Bonchev–Trinajstić information content (AvgIpc) is 3.37. The maximum absolute atomic E-state index is 13.3. The van der Waals surface area contributed by atoms with Crippen molar-refractivity contribution in [2.45, 2.75) is 32.7 Å². The molecule has 0 spiro atoms. The Bertz CT molecular complexity index is 1590. The molecular formula is C31H28N4O3. The van der Waals surface area contributed by atoms with Crippen LogP contribution in [0.3, 0.4) is 0 Å². The van der Waals surface area contributed by atoms with Crippen molar-refractivity contribution in [1.82, 2.24) is 20.3 Å². The Hall–Kier alpha value is -4.78. The Morgan fingerprint density at radius 3 is 2.55 bits per heavy atom. The molecule has 0 radical (unpaired) electrons.